The number of aromatic amines is 1. The van der Waals surface area contributed by atoms with E-state index < -0.39 is 5.97 Å². The number of H-pyrrole nitrogens is 1. The highest BCUT2D eigenvalue weighted by Crippen LogP contribution is 2.12. The van der Waals surface area contributed by atoms with E-state index in [2.05, 4.69) is 4.98 Å². The van der Waals surface area contributed by atoms with Crippen LogP contribution < -0.4 is 0 Å². The lowest BCUT2D eigenvalue weighted by Gasteiger charge is -1.92. The topological polar surface area (TPSA) is 53.1 Å². The molecule has 1 aromatic rings. The Bertz CT molecular complexity index is 289. The highest BCUT2D eigenvalue weighted by molar-refractivity contribution is 5.87. The first-order chi connectivity index (χ1) is 5.69. The summed E-state index contributed by atoms with van der Waals surface area (Å²) >= 11 is 0. The first-order valence-corrected chi connectivity index (χ1v) is 4.13. The molecule has 2 N–H and O–H groups in total. The molecular weight excluding hydrogens is 154 g/mol. The molecule has 0 atom stereocenters. The SMILES string of the molecule is CCc1cc(CC)c(C(=O)O)[nH]1. The fraction of sp³-hybridized carbons (Fsp3) is 0.444. The van der Waals surface area contributed by atoms with Crippen molar-refractivity contribution in [1.29, 1.82) is 0 Å². The van der Waals surface area contributed by atoms with Crippen molar-refractivity contribution in [2.75, 3.05) is 0 Å². The Labute approximate surface area is 71.4 Å². The van der Waals surface area contributed by atoms with Crippen LogP contribution in [0.4, 0.5) is 0 Å². The quantitative estimate of drug-likeness (QED) is 0.721. The van der Waals surface area contributed by atoms with Gasteiger partial charge in [0.25, 0.3) is 0 Å². The van der Waals surface area contributed by atoms with Crippen molar-refractivity contribution in [3.63, 3.8) is 0 Å². The van der Waals surface area contributed by atoms with Gasteiger partial charge in [-0.3, -0.25) is 0 Å². The van der Waals surface area contributed by atoms with Gasteiger partial charge in [0.05, 0.1) is 0 Å². The first-order valence-electron chi connectivity index (χ1n) is 4.13. The van der Waals surface area contributed by atoms with Gasteiger partial charge >= 0.3 is 5.97 Å². The number of nitrogens with one attached hydrogen (secondary N) is 1. The number of hydrogen-bond acceptors (Lipinski definition) is 1. The Balaban J connectivity index is 3.08. The molecule has 0 aromatic carbocycles. The van der Waals surface area contributed by atoms with Crippen molar-refractivity contribution < 1.29 is 9.90 Å². The largest absolute Gasteiger partial charge is 0.477 e. The lowest BCUT2D eigenvalue weighted by molar-refractivity contribution is 0.0690. The third kappa shape index (κ3) is 1.49. The molecule has 0 saturated heterocycles. The van der Waals surface area contributed by atoms with Gasteiger partial charge in [-0.15, -0.1) is 0 Å². The lowest BCUT2D eigenvalue weighted by atomic mass is 10.2. The molecular formula is C9H13NO2. The van der Waals surface area contributed by atoms with Crippen molar-refractivity contribution in [2.24, 2.45) is 0 Å². The molecule has 0 aliphatic carbocycles. The zero-order chi connectivity index (χ0) is 9.14. The smallest absolute Gasteiger partial charge is 0.352 e. The molecule has 0 aliphatic rings. The number of hydrogen-bond donors (Lipinski definition) is 2. The van der Waals surface area contributed by atoms with Crippen LogP contribution >= 0.6 is 0 Å². The molecule has 1 heterocycles. The molecule has 0 unspecified atom stereocenters. The number of carboxylic acid groups (broad SMARTS) is 1. The van der Waals surface area contributed by atoms with E-state index in [1.165, 1.54) is 0 Å². The third-order valence-electron chi connectivity index (χ3n) is 1.93. The molecule has 0 radical (unpaired) electrons. The van der Waals surface area contributed by atoms with Crippen molar-refractivity contribution >= 4 is 5.97 Å². The van der Waals surface area contributed by atoms with Crippen LogP contribution in [0.5, 0.6) is 0 Å². The molecule has 3 heteroatoms. The lowest BCUT2D eigenvalue weighted by Crippen LogP contribution is -2.00. The van der Waals surface area contributed by atoms with Crippen LogP contribution in [0.3, 0.4) is 0 Å². The van der Waals surface area contributed by atoms with Crippen LogP contribution in [0.2, 0.25) is 0 Å². The van der Waals surface area contributed by atoms with Crippen molar-refractivity contribution in [3.05, 3.63) is 23.0 Å². The number of aromatic nitrogens is 1. The maximum Gasteiger partial charge on any atom is 0.352 e. The standard InChI is InChI=1S/C9H13NO2/c1-3-6-5-7(4-2)10-8(6)9(11)12/h5,10H,3-4H2,1-2H3,(H,11,12). The zero-order valence-corrected chi connectivity index (χ0v) is 7.35. The molecule has 66 valence electrons. The summed E-state index contributed by atoms with van der Waals surface area (Å²) in [6.07, 6.45) is 1.61. The van der Waals surface area contributed by atoms with E-state index in [1.54, 1.807) is 0 Å². The van der Waals surface area contributed by atoms with E-state index in [1.807, 2.05) is 19.9 Å². The molecule has 0 fully saturated rings. The van der Waals surface area contributed by atoms with Gasteiger partial charge in [-0.05, 0) is 24.5 Å². The summed E-state index contributed by atoms with van der Waals surface area (Å²) in [5.41, 5.74) is 2.22. The second-order valence-electron chi connectivity index (χ2n) is 2.71. The summed E-state index contributed by atoms with van der Waals surface area (Å²) in [7, 11) is 0. The molecule has 0 spiro atoms. The van der Waals surface area contributed by atoms with Crippen molar-refractivity contribution in [3.8, 4) is 0 Å². The minimum atomic E-state index is -0.869. The summed E-state index contributed by atoms with van der Waals surface area (Å²) in [4.78, 5) is 13.6. The third-order valence-corrected chi connectivity index (χ3v) is 1.93. The molecule has 1 rings (SSSR count). The highest BCUT2D eigenvalue weighted by Gasteiger charge is 2.11. The molecule has 0 aliphatic heterocycles. The Morgan fingerprint density at radius 1 is 1.50 bits per heavy atom. The number of aryl methyl sites for hydroxylation is 2. The van der Waals surface area contributed by atoms with Gasteiger partial charge in [0.1, 0.15) is 5.69 Å². The minimum Gasteiger partial charge on any atom is -0.477 e. The fourth-order valence-corrected chi connectivity index (χ4v) is 1.22. The van der Waals surface area contributed by atoms with Crippen molar-refractivity contribution in [2.45, 2.75) is 26.7 Å². The van der Waals surface area contributed by atoms with E-state index in [0.717, 1.165) is 24.1 Å². The molecule has 1 aromatic heterocycles. The van der Waals surface area contributed by atoms with Gasteiger partial charge in [0.15, 0.2) is 0 Å². The van der Waals surface area contributed by atoms with Crippen LogP contribution in [0.15, 0.2) is 6.07 Å². The average Bonchev–Trinajstić information content (AvgIpc) is 2.47. The van der Waals surface area contributed by atoms with Gasteiger partial charge in [0, 0.05) is 5.69 Å². The summed E-state index contributed by atoms with van der Waals surface area (Å²) < 4.78 is 0. The Hall–Kier alpha value is -1.25. The number of carboxylic acids is 1. The van der Waals surface area contributed by atoms with Crippen LogP contribution in [0.25, 0.3) is 0 Å². The summed E-state index contributed by atoms with van der Waals surface area (Å²) in [6, 6.07) is 1.92. The van der Waals surface area contributed by atoms with E-state index in [0.29, 0.717) is 5.69 Å². The summed E-state index contributed by atoms with van der Waals surface area (Å²) in [5, 5.41) is 8.77. The zero-order valence-electron chi connectivity index (χ0n) is 7.35. The van der Waals surface area contributed by atoms with Crippen LogP contribution in [0.1, 0.15) is 35.6 Å². The first kappa shape index (κ1) is 8.84. The Morgan fingerprint density at radius 3 is 2.50 bits per heavy atom. The molecule has 3 nitrogen and oxygen atoms in total. The Kier molecular flexibility index (Phi) is 2.53. The van der Waals surface area contributed by atoms with Gasteiger partial charge in [0.2, 0.25) is 0 Å². The van der Waals surface area contributed by atoms with E-state index in [4.69, 9.17) is 5.11 Å². The average molecular weight is 167 g/mol. The fourth-order valence-electron chi connectivity index (χ4n) is 1.22. The second kappa shape index (κ2) is 3.43. The molecule has 12 heavy (non-hydrogen) atoms. The van der Waals surface area contributed by atoms with Gasteiger partial charge in [-0.25, -0.2) is 4.79 Å². The predicted molar refractivity (Wildman–Crippen MR) is 46.5 cm³/mol. The number of aromatic carboxylic acids is 1. The molecule has 0 bridgehead atoms. The van der Waals surface area contributed by atoms with Crippen molar-refractivity contribution in [1.82, 2.24) is 4.98 Å². The molecule has 0 saturated carbocycles. The van der Waals surface area contributed by atoms with E-state index >= 15 is 0 Å². The summed E-state index contributed by atoms with van der Waals surface area (Å²) in [5.74, 6) is -0.869. The predicted octanol–water partition coefficient (Wildman–Crippen LogP) is 1.84. The number of rotatable bonds is 3. The maximum absolute atomic E-state index is 10.7. The summed E-state index contributed by atoms with van der Waals surface area (Å²) in [6.45, 7) is 3.95. The van der Waals surface area contributed by atoms with Crippen LogP contribution in [0, 0.1) is 0 Å². The number of carbonyl (C=O) groups is 1. The van der Waals surface area contributed by atoms with Gasteiger partial charge in [-0.1, -0.05) is 13.8 Å². The maximum atomic E-state index is 10.7. The van der Waals surface area contributed by atoms with Gasteiger partial charge in [-0.2, -0.15) is 0 Å². The second-order valence-corrected chi connectivity index (χ2v) is 2.71. The molecule has 0 amide bonds. The highest BCUT2D eigenvalue weighted by atomic mass is 16.4. The minimum absolute atomic E-state index is 0.342. The van der Waals surface area contributed by atoms with Gasteiger partial charge < -0.3 is 10.1 Å². The van der Waals surface area contributed by atoms with E-state index in [-0.39, 0.29) is 0 Å². The van der Waals surface area contributed by atoms with E-state index in [9.17, 15) is 4.79 Å². The van der Waals surface area contributed by atoms with Crippen LogP contribution in [-0.2, 0) is 12.8 Å². The monoisotopic (exact) mass is 167 g/mol. The van der Waals surface area contributed by atoms with Crippen LogP contribution in [-0.4, -0.2) is 16.1 Å². The Morgan fingerprint density at radius 2 is 2.17 bits per heavy atom. The normalized spacial score (nSPS) is 10.2.